The first-order chi connectivity index (χ1) is 13.0. The van der Waals surface area contributed by atoms with Crippen molar-refractivity contribution in [1.82, 2.24) is 4.98 Å². The van der Waals surface area contributed by atoms with Crippen molar-refractivity contribution in [2.24, 2.45) is 0 Å². The number of carboxylic acids is 1. The smallest absolute Gasteiger partial charge is 0.303 e. The number of hydrogen-bond donors (Lipinski definition) is 2. The maximum absolute atomic E-state index is 12.8. The minimum absolute atomic E-state index is 0.0796. The minimum Gasteiger partial charge on any atom is -0.481 e. The summed E-state index contributed by atoms with van der Waals surface area (Å²) < 4.78 is 0. The second-order valence-electron chi connectivity index (χ2n) is 7.16. The Bertz CT molecular complexity index is 974. The Kier molecular flexibility index (Phi) is 4.56. The average molecular weight is 385 g/mol. The largest absolute Gasteiger partial charge is 0.481 e. The Morgan fingerprint density at radius 3 is 2.89 bits per heavy atom. The summed E-state index contributed by atoms with van der Waals surface area (Å²) in [5.74, 6) is -0.891. The van der Waals surface area contributed by atoms with Gasteiger partial charge in [0.15, 0.2) is 0 Å². The number of halogens is 1. The normalized spacial score (nSPS) is 17.3. The summed E-state index contributed by atoms with van der Waals surface area (Å²) in [6.07, 6.45) is 6.58. The van der Waals surface area contributed by atoms with Gasteiger partial charge in [-0.1, -0.05) is 11.6 Å². The van der Waals surface area contributed by atoms with Gasteiger partial charge in [-0.2, -0.15) is 0 Å². The zero-order valence-corrected chi connectivity index (χ0v) is 15.9. The Hall–Kier alpha value is -2.53. The third kappa shape index (κ3) is 3.16. The number of aromatic nitrogens is 1. The molecule has 2 aliphatic rings. The minimum atomic E-state index is -0.812. The van der Waals surface area contributed by atoms with Crippen molar-refractivity contribution in [3.05, 3.63) is 51.3 Å². The molecule has 0 atom stereocenters. The van der Waals surface area contributed by atoms with E-state index in [4.69, 9.17) is 16.7 Å². The summed E-state index contributed by atoms with van der Waals surface area (Å²) in [5, 5.41) is 9.71. The molecule has 0 saturated carbocycles. The fraction of sp³-hybridized carbons (Fsp3) is 0.333. The highest BCUT2D eigenvalue weighted by Gasteiger charge is 2.30. The number of nitrogens with one attached hydrogen (secondary N) is 1. The summed E-state index contributed by atoms with van der Waals surface area (Å²) in [7, 11) is 1.75. The lowest BCUT2D eigenvalue weighted by Crippen LogP contribution is -2.20. The maximum atomic E-state index is 12.8. The molecule has 2 heterocycles. The molecule has 1 aliphatic carbocycles. The van der Waals surface area contributed by atoms with Gasteiger partial charge in [-0.25, -0.2) is 0 Å². The number of aliphatic carboxylic acids is 1. The molecule has 0 bridgehead atoms. The molecule has 4 rings (SSSR count). The standard InChI is InChI=1S/C21H21ClN2O3/c1-24-19-8-6-12(22)10-15(19)16(21(24)27)11-18-14(7-9-20(25)26)13-4-2-3-5-17(13)23-18/h6,8,10-11,23H,2-5,7,9H2,1H3,(H,25,26)/b16-11-. The summed E-state index contributed by atoms with van der Waals surface area (Å²) in [4.78, 5) is 29.0. The van der Waals surface area contributed by atoms with E-state index in [0.29, 0.717) is 17.0 Å². The van der Waals surface area contributed by atoms with Gasteiger partial charge in [0, 0.05) is 35.4 Å². The van der Waals surface area contributed by atoms with E-state index in [1.807, 2.05) is 18.2 Å². The number of likely N-dealkylation sites (N-methyl/N-ethyl adjacent to an activating group) is 1. The van der Waals surface area contributed by atoms with Gasteiger partial charge in [0.1, 0.15) is 0 Å². The van der Waals surface area contributed by atoms with Gasteiger partial charge in [0.25, 0.3) is 5.91 Å². The highest BCUT2D eigenvalue weighted by molar-refractivity contribution is 6.37. The number of aromatic amines is 1. The molecule has 1 aromatic heterocycles. The molecular weight excluding hydrogens is 364 g/mol. The number of H-pyrrole nitrogens is 1. The van der Waals surface area contributed by atoms with E-state index in [0.717, 1.165) is 48.2 Å². The molecular formula is C21H21ClN2O3. The van der Waals surface area contributed by atoms with E-state index >= 15 is 0 Å². The van der Waals surface area contributed by atoms with Crippen molar-refractivity contribution in [2.75, 3.05) is 11.9 Å². The number of fused-ring (bicyclic) bond motifs is 2. The lowest BCUT2D eigenvalue weighted by atomic mass is 9.92. The predicted molar refractivity (Wildman–Crippen MR) is 106 cm³/mol. The van der Waals surface area contributed by atoms with E-state index in [1.165, 1.54) is 11.3 Å². The van der Waals surface area contributed by atoms with Gasteiger partial charge in [0.05, 0.1) is 11.3 Å². The lowest BCUT2D eigenvalue weighted by molar-refractivity contribution is -0.137. The number of carbonyl (C=O) groups excluding carboxylic acids is 1. The second kappa shape index (κ2) is 6.89. The van der Waals surface area contributed by atoms with E-state index in [1.54, 1.807) is 18.0 Å². The van der Waals surface area contributed by atoms with Crippen LogP contribution in [-0.4, -0.2) is 29.0 Å². The van der Waals surface area contributed by atoms with Crippen LogP contribution in [0.4, 0.5) is 5.69 Å². The molecule has 27 heavy (non-hydrogen) atoms. The van der Waals surface area contributed by atoms with Crippen LogP contribution in [0, 0.1) is 0 Å². The third-order valence-corrected chi connectivity index (χ3v) is 5.70. The number of aryl methyl sites for hydroxylation is 1. The Balaban J connectivity index is 1.82. The van der Waals surface area contributed by atoms with Gasteiger partial charge < -0.3 is 15.0 Å². The van der Waals surface area contributed by atoms with Crippen LogP contribution < -0.4 is 4.90 Å². The lowest BCUT2D eigenvalue weighted by Gasteiger charge is -2.12. The Morgan fingerprint density at radius 2 is 2.11 bits per heavy atom. The zero-order chi connectivity index (χ0) is 19.1. The molecule has 2 aromatic rings. The average Bonchev–Trinajstić information content (AvgIpc) is 3.10. The predicted octanol–water partition coefficient (Wildman–Crippen LogP) is 4.08. The van der Waals surface area contributed by atoms with E-state index < -0.39 is 5.97 Å². The molecule has 0 fully saturated rings. The summed E-state index contributed by atoms with van der Waals surface area (Å²) in [6, 6.07) is 5.43. The second-order valence-corrected chi connectivity index (χ2v) is 7.60. The van der Waals surface area contributed by atoms with Gasteiger partial charge in [-0.05, 0) is 67.5 Å². The fourth-order valence-corrected chi connectivity index (χ4v) is 4.30. The molecule has 1 amide bonds. The third-order valence-electron chi connectivity index (χ3n) is 5.47. The van der Waals surface area contributed by atoms with E-state index in [2.05, 4.69) is 4.98 Å². The van der Waals surface area contributed by atoms with Gasteiger partial charge in [0.2, 0.25) is 0 Å². The van der Waals surface area contributed by atoms with Crippen LogP contribution in [0.1, 0.15) is 47.3 Å². The zero-order valence-electron chi connectivity index (χ0n) is 15.1. The fourth-order valence-electron chi connectivity index (χ4n) is 4.12. The quantitative estimate of drug-likeness (QED) is 0.780. The van der Waals surface area contributed by atoms with Crippen LogP contribution in [0.2, 0.25) is 5.02 Å². The van der Waals surface area contributed by atoms with Crippen molar-refractivity contribution in [2.45, 2.75) is 38.5 Å². The Labute approximate surface area is 162 Å². The number of anilines is 1. The van der Waals surface area contributed by atoms with Crippen molar-refractivity contribution in [3.8, 4) is 0 Å². The van der Waals surface area contributed by atoms with Crippen LogP contribution in [0.25, 0.3) is 11.6 Å². The number of carboxylic acid groups (broad SMARTS) is 1. The van der Waals surface area contributed by atoms with Gasteiger partial charge in [-0.3, -0.25) is 9.59 Å². The molecule has 1 aromatic carbocycles. The van der Waals surface area contributed by atoms with Crippen LogP contribution in [0.3, 0.4) is 0 Å². The number of benzene rings is 1. The van der Waals surface area contributed by atoms with Gasteiger partial charge >= 0.3 is 5.97 Å². The molecule has 5 nitrogen and oxygen atoms in total. The molecule has 0 saturated heterocycles. The molecule has 1 aliphatic heterocycles. The van der Waals surface area contributed by atoms with Gasteiger partial charge in [-0.15, -0.1) is 0 Å². The van der Waals surface area contributed by atoms with Crippen LogP contribution in [0.5, 0.6) is 0 Å². The van der Waals surface area contributed by atoms with E-state index in [-0.39, 0.29) is 12.3 Å². The monoisotopic (exact) mass is 384 g/mol. The SMILES string of the molecule is CN1C(=O)/C(=C\c2[nH]c3c(c2CCC(=O)O)CCCC3)c2cc(Cl)ccc21. The maximum Gasteiger partial charge on any atom is 0.303 e. The molecule has 6 heteroatoms. The summed E-state index contributed by atoms with van der Waals surface area (Å²) in [5.41, 5.74) is 6.53. The number of nitrogens with zero attached hydrogens (tertiary/aromatic N) is 1. The number of carbonyl (C=O) groups is 2. The molecule has 0 radical (unpaired) electrons. The molecule has 2 N–H and O–H groups in total. The van der Waals surface area contributed by atoms with Crippen LogP contribution in [-0.2, 0) is 28.9 Å². The summed E-state index contributed by atoms with van der Waals surface area (Å²) >= 11 is 6.16. The number of amides is 1. The van der Waals surface area contributed by atoms with Crippen LogP contribution in [0.15, 0.2) is 18.2 Å². The molecule has 0 spiro atoms. The molecule has 140 valence electrons. The number of hydrogen-bond acceptors (Lipinski definition) is 2. The van der Waals surface area contributed by atoms with Crippen molar-refractivity contribution < 1.29 is 14.7 Å². The van der Waals surface area contributed by atoms with Crippen molar-refractivity contribution in [1.29, 1.82) is 0 Å². The highest BCUT2D eigenvalue weighted by Crippen LogP contribution is 2.39. The highest BCUT2D eigenvalue weighted by atomic mass is 35.5. The van der Waals surface area contributed by atoms with Crippen molar-refractivity contribution in [3.63, 3.8) is 0 Å². The topological polar surface area (TPSA) is 73.4 Å². The first-order valence-electron chi connectivity index (χ1n) is 9.19. The van der Waals surface area contributed by atoms with E-state index in [9.17, 15) is 9.59 Å². The first kappa shape index (κ1) is 17.9. The Morgan fingerprint density at radius 1 is 1.33 bits per heavy atom. The number of rotatable bonds is 4. The molecule has 0 unspecified atom stereocenters. The first-order valence-corrected chi connectivity index (χ1v) is 9.57. The summed E-state index contributed by atoms with van der Waals surface area (Å²) in [6.45, 7) is 0. The van der Waals surface area contributed by atoms with Crippen molar-refractivity contribution >= 4 is 40.8 Å². The van der Waals surface area contributed by atoms with Crippen LogP contribution >= 0.6 is 11.6 Å².